The molecule has 24 heavy (non-hydrogen) atoms. The molecule has 3 aromatic rings. The molecule has 0 bridgehead atoms. The lowest BCUT2D eigenvalue weighted by molar-refractivity contribution is 0.101. The second-order valence-electron chi connectivity index (χ2n) is 5.28. The highest BCUT2D eigenvalue weighted by Crippen LogP contribution is 2.31. The van der Waals surface area contributed by atoms with Crippen molar-refractivity contribution in [3.8, 4) is 11.4 Å². The summed E-state index contributed by atoms with van der Waals surface area (Å²) in [7, 11) is 0. The van der Waals surface area contributed by atoms with Crippen LogP contribution in [0.25, 0.3) is 5.69 Å². The Kier molecular flexibility index (Phi) is 3.46. The molecule has 4 rings (SSSR count). The molecule has 1 amide bonds. The second kappa shape index (κ2) is 5.65. The first-order chi connectivity index (χ1) is 11.6. The van der Waals surface area contributed by atoms with Crippen LogP contribution in [0, 0.1) is 5.82 Å². The molecule has 1 aromatic heterocycles. The summed E-state index contributed by atoms with van der Waals surface area (Å²) in [6.07, 6.45) is 1.53. The maximum atomic E-state index is 13.3. The van der Waals surface area contributed by atoms with E-state index in [0.29, 0.717) is 27.8 Å². The lowest BCUT2D eigenvalue weighted by Crippen LogP contribution is -2.19. The van der Waals surface area contributed by atoms with E-state index in [9.17, 15) is 9.18 Å². The van der Waals surface area contributed by atoms with E-state index >= 15 is 0 Å². The summed E-state index contributed by atoms with van der Waals surface area (Å²) in [6, 6.07) is 11.1. The Morgan fingerprint density at radius 3 is 3.00 bits per heavy atom. The summed E-state index contributed by atoms with van der Waals surface area (Å²) >= 11 is 5.92. The summed E-state index contributed by atoms with van der Waals surface area (Å²) in [4.78, 5) is 16.7. The van der Waals surface area contributed by atoms with E-state index in [2.05, 4.69) is 10.3 Å². The summed E-state index contributed by atoms with van der Waals surface area (Å²) in [5.74, 6) is -0.321. The zero-order chi connectivity index (χ0) is 16.7. The zero-order valence-electron chi connectivity index (χ0n) is 12.3. The third-order valence-corrected chi connectivity index (χ3v) is 3.94. The average Bonchev–Trinajstić information content (AvgIpc) is 2.99. The van der Waals surface area contributed by atoms with Crippen molar-refractivity contribution in [3.05, 3.63) is 71.0 Å². The SMILES string of the molecule is O=C(Nc1cccc(Cl)c1)c1ncn2c1COc1cc(F)ccc1-2. The van der Waals surface area contributed by atoms with Gasteiger partial charge < -0.3 is 10.1 Å². The maximum absolute atomic E-state index is 13.3. The predicted octanol–water partition coefficient (Wildman–Crippen LogP) is 3.81. The highest BCUT2D eigenvalue weighted by atomic mass is 35.5. The number of hydrogen-bond acceptors (Lipinski definition) is 3. The molecule has 0 radical (unpaired) electrons. The standard InChI is InChI=1S/C17H11ClFN3O2/c18-10-2-1-3-12(6-10)21-17(23)16-14-8-24-15-7-11(19)4-5-13(15)22(14)9-20-16/h1-7,9H,8H2,(H,21,23). The summed E-state index contributed by atoms with van der Waals surface area (Å²) in [6.45, 7) is 0.134. The minimum absolute atomic E-state index is 0.134. The molecule has 1 aliphatic rings. The molecular weight excluding hydrogens is 333 g/mol. The highest BCUT2D eigenvalue weighted by Gasteiger charge is 2.25. The Morgan fingerprint density at radius 1 is 1.29 bits per heavy atom. The van der Waals surface area contributed by atoms with E-state index in [-0.39, 0.29) is 24.0 Å². The van der Waals surface area contributed by atoms with Crippen molar-refractivity contribution in [3.63, 3.8) is 0 Å². The number of benzene rings is 2. The Labute approximate surface area is 141 Å². The molecule has 5 nitrogen and oxygen atoms in total. The van der Waals surface area contributed by atoms with Gasteiger partial charge in [-0.2, -0.15) is 0 Å². The molecule has 0 spiro atoms. The van der Waals surface area contributed by atoms with Crippen LogP contribution < -0.4 is 10.1 Å². The van der Waals surface area contributed by atoms with E-state index < -0.39 is 0 Å². The Hall–Kier alpha value is -2.86. The van der Waals surface area contributed by atoms with Gasteiger partial charge in [-0.3, -0.25) is 9.36 Å². The maximum Gasteiger partial charge on any atom is 0.276 e. The van der Waals surface area contributed by atoms with Crippen molar-refractivity contribution < 1.29 is 13.9 Å². The molecule has 0 atom stereocenters. The lowest BCUT2D eigenvalue weighted by atomic mass is 10.2. The molecule has 120 valence electrons. The second-order valence-corrected chi connectivity index (χ2v) is 5.71. The van der Waals surface area contributed by atoms with Gasteiger partial charge in [-0.15, -0.1) is 0 Å². The van der Waals surface area contributed by atoms with Gasteiger partial charge >= 0.3 is 0 Å². The Bertz CT molecular complexity index is 955. The van der Waals surface area contributed by atoms with Gasteiger partial charge in [-0.25, -0.2) is 9.37 Å². The van der Waals surface area contributed by atoms with Gasteiger partial charge in [0.2, 0.25) is 0 Å². The fourth-order valence-electron chi connectivity index (χ4n) is 2.61. The van der Waals surface area contributed by atoms with Crippen molar-refractivity contribution in [1.82, 2.24) is 9.55 Å². The zero-order valence-corrected chi connectivity index (χ0v) is 13.0. The van der Waals surface area contributed by atoms with Crippen molar-refractivity contribution >= 4 is 23.2 Å². The summed E-state index contributed by atoms with van der Waals surface area (Å²) in [5, 5.41) is 3.28. The number of carbonyl (C=O) groups is 1. The number of rotatable bonds is 2. The molecule has 0 saturated heterocycles. The number of ether oxygens (including phenoxy) is 1. The molecule has 0 saturated carbocycles. The van der Waals surface area contributed by atoms with E-state index in [1.807, 2.05) is 0 Å². The minimum Gasteiger partial charge on any atom is -0.485 e. The van der Waals surface area contributed by atoms with E-state index in [1.165, 1.54) is 18.5 Å². The van der Waals surface area contributed by atoms with E-state index in [4.69, 9.17) is 16.3 Å². The first-order valence-corrected chi connectivity index (χ1v) is 7.55. The molecule has 0 unspecified atom stereocenters. The topological polar surface area (TPSA) is 56.2 Å². The molecule has 0 fully saturated rings. The van der Waals surface area contributed by atoms with Crippen molar-refractivity contribution in [2.24, 2.45) is 0 Å². The lowest BCUT2D eigenvalue weighted by Gasteiger charge is -2.20. The van der Waals surface area contributed by atoms with E-state index in [0.717, 1.165) is 0 Å². The van der Waals surface area contributed by atoms with Crippen LogP contribution in [-0.2, 0) is 6.61 Å². The third-order valence-electron chi connectivity index (χ3n) is 3.71. The minimum atomic E-state index is -0.378. The predicted molar refractivity (Wildman–Crippen MR) is 87.3 cm³/mol. The van der Waals surface area contributed by atoms with Gasteiger partial charge in [0.25, 0.3) is 5.91 Å². The number of anilines is 1. The fourth-order valence-corrected chi connectivity index (χ4v) is 2.80. The number of carbonyl (C=O) groups excluding carboxylic acids is 1. The number of amides is 1. The number of imidazole rings is 1. The molecule has 7 heteroatoms. The van der Waals surface area contributed by atoms with Crippen LogP contribution in [0.3, 0.4) is 0 Å². The third kappa shape index (κ3) is 2.51. The van der Waals surface area contributed by atoms with Crippen LogP contribution >= 0.6 is 11.6 Å². The number of fused-ring (bicyclic) bond motifs is 3. The number of nitrogens with one attached hydrogen (secondary N) is 1. The molecule has 2 heterocycles. The van der Waals surface area contributed by atoms with Crippen LogP contribution in [0.15, 0.2) is 48.8 Å². The van der Waals surface area contributed by atoms with Gasteiger partial charge in [-0.05, 0) is 30.3 Å². The van der Waals surface area contributed by atoms with Crippen LogP contribution in [-0.4, -0.2) is 15.5 Å². The van der Waals surface area contributed by atoms with Crippen molar-refractivity contribution in [2.45, 2.75) is 6.61 Å². The first-order valence-electron chi connectivity index (χ1n) is 7.18. The van der Waals surface area contributed by atoms with Crippen LogP contribution in [0.1, 0.15) is 16.2 Å². The average molecular weight is 344 g/mol. The van der Waals surface area contributed by atoms with Gasteiger partial charge in [-0.1, -0.05) is 17.7 Å². The molecule has 1 aliphatic heterocycles. The van der Waals surface area contributed by atoms with Gasteiger partial charge in [0.1, 0.15) is 24.5 Å². The first kappa shape index (κ1) is 14.7. The molecule has 2 aromatic carbocycles. The largest absolute Gasteiger partial charge is 0.485 e. The van der Waals surface area contributed by atoms with Crippen LogP contribution in [0.5, 0.6) is 5.75 Å². The molecule has 0 aliphatic carbocycles. The molecule has 1 N–H and O–H groups in total. The van der Waals surface area contributed by atoms with E-state index in [1.54, 1.807) is 34.9 Å². The quantitative estimate of drug-likeness (QED) is 0.769. The molecular formula is C17H11ClFN3O2. The van der Waals surface area contributed by atoms with Gasteiger partial charge in [0.15, 0.2) is 5.69 Å². The number of hydrogen-bond donors (Lipinski definition) is 1. The van der Waals surface area contributed by atoms with Gasteiger partial charge in [0, 0.05) is 16.8 Å². The number of nitrogens with zero attached hydrogens (tertiary/aromatic N) is 2. The summed E-state index contributed by atoms with van der Waals surface area (Å²) < 4.78 is 20.6. The van der Waals surface area contributed by atoms with Crippen molar-refractivity contribution in [2.75, 3.05) is 5.32 Å². The summed E-state index contributed by atoms with van der Waals surface area (Å²) in [5.41, 5.74) is 2.08. The Morgan fingerprint density at radius 2 is 2.17 bits per heavy atom. The van der Waals surface area contributed by atoms with Gasteiger partial charge in [0.05, 0.1) is 11.4 Å². The Balaban J connectivity index is 1.67. The highest BCUT2D eigenvalue weighted by molar-refractivity contribution is 6.30. The number of aromatic nitrogens is 2. The monoisotopic (exact) mass is 343 g/mol. The smallest absolute Gasteiger partial charge is 0.276 e. The fraction of sp³-hybridized carbons (Fsp3) is 0.0588. The van der Waals surface area contributed by atoms with Crippen molar-refractivity contribution in [1.29, 1.82) is 0 Å². The van der Waals surface area contributed by atoms with Crippen LogP contribution in [0.4, 0.5) is 10.1 Å². The van der Waals surface area contributed by atoms with Crippen LogP contribution in [0.2, 0.25) is 5.02 Å². The normalized spacial score (nSPS) is 12.1. The number of halogens is 2.